The molecule has 0 saturated carbocycles. The second-order valence-electron chi connectivity index (χ2n) is 6.13. The van der Waals surface area contributed by atoms with E-state index in [0.717, 1.165) is 0 Å². The largest absolute Gasteiger partial charge is 0.455 e. The molecule has 0 fully saturated rings. The SMILES string of the molecule is CCN(CC)S(=O)(=O)c1cccc(NC(=O)COC(=O)Cc2ccc(F)cc2)c1. The molecule has 156 valence electrons. The van der Waals surface area contributed by atoms with Gasteiger partial charge in [-0.1, -0.05) is 32.0 Å². The summed E-state index contributed by atoms with van der Waals surface area (Å²) in [6, 6.07) is 11.2. The maximum absolute atomic E-state index is 12.9. The number of carbonyl (C=O) groups is 2. The first-order valence-corrected chi connectivity index (χ1v) is 10.5. The zero-order valence-electron chi connectivity index (χ0n) is 16.2. The van der Waals surface area contributed by atoms with Gasteiger partial charge in [-0.25, -0.2) is 12.8 Å². The number of hydrogen-bond acceptors (Lipinski definition) is 5. The minimum atomic E-state index is -3.65. The minimum Gasteiger partial charge on any atom is -0.455 e. The smallest absolute Gasteiger partial charge is 0.310 e. The summed E-state index contributed by atoms with van der Waals surface area (Å²) in [5, 5.41) is 2.51. The topological polar surface area (TPSA) is 92.8 Å². The van der Waals surface area contributed by atoms with Crippen molar-refractivity contribution in [1.29, 1.82) is 0 Å². The Labute approximate surface area is 169 Å². The molecular formula is C20H23FN2O5S. The van der Waals surface area contributed by atoms with Gasteiger partial charge in [0.25, 0.3) is 5.91 Å². The summed E-state index contributed by atoms with van der Waals surface area (Å²) in [6.45, 7) is 3.63. The molecule has 0 unspecified atom stereocenters. The number of benzene rings is 2. The molecule has 1 amide bonds. The number of rotatable bonds is 9. The van der Waals surface area contributed by atoms with Gasteiger partial charge in [0.15, 0.2) is 6.61 Å². The van der Waals surface area contributed by atoms with Gasteiger partial charge in [0, 0.05) is 18.8 Å². The Morgan fingerprint density at radius 3 is 2.34 bits per heavy atom. The first kappa shape index (κ1) is 22.5. The van der Waals surface area contributed by atoms with Crippen molar-refractivity contribution < 1.29 is 27.1 Å². The summed E-state index contributed by atoms with van der Waals surface area (Å²) in [7, 11) is -3.65. The zero-order valence-corrected chi connectivity index (χ0v) is 17.0. The number of anilines is 1. The van der Waals surface area contributed by atoms with Crippen LogP contribution in [0.1, 0.15) is 19.4 Å². The van der Waals surface area contributed by atoms with Gasteiger partial charge in [0.1, 0.15) is 5.82 Å². The molecule has 0 aliphatic carbocycles. The van der Waals surface area contributed by atoms with Gasteiger partial charge in [-0.3, -0.25) is 9.59 Å². The number of sulfonamides is 1. The number of halogens is 1. The van der Waals surface area contributed by atoms with Gasteiger partial charge in [-0.2, -0.15) is 4.31 Å². The molecule has 0 saturated heterocycles. The lowest BCUT2D eigenvalue weighted by Crippen LogP contribution is -2.30. The second-order valence-corrected chi connectivity index (χ2v) is 8.07. The minimum absolute atomic E-state index is 0.0623. The third kappa shape index (κ3) is 6.37. The summed E-state index contributed by atoms with van der Waals surface area (Å²) < 4.78 is 44.2. The summed E-state index contributed by atoms with van der Waals surface area (Å²) in [5.74, 6) is -1.65. The second kappa shape index (κ2) is 10.1. The average molecular weight is 422 g/mol. The van der Waals surface area contributed by atoms with Crippen LogP contribution in [0.4, 0.5) is 10.1 Å². The van der Waals surface area contributed by atoms with E-state index in [9.17, 15) is 22.4 Å². The summed E-state index contributed by atoms with van der Waals surface area (Å²) in [5.41, 5.74) is 0.837. The molecular weight excluding hydrogens is 399 g/mol. The van der Waals surface area contributed by atoms with Crippen LogP contribution in [0, 0.1) is 5.82 Å². The van der Waals surface area contributed by atoms with Crippen LogP contribution < -0.4 is 5.32 Å². The van der Waals surface area contributed by atoms with Crippen molar-refractivity contribution >= 4 is 27.6 Å². The fourth-order valence-electron chi connectivity index (χ4n) is 2.61. The van der Waals surface area contributed by atoms with E-state index in [1.807, 2.05) is 0 Å². The predicted octanol–water partition coefficient (Wildman–Crippen LogP) is 2.58. The van der Waals surface area contributed by atoms with Gasteiger partial charge in [-0.15, -0.1) is 0 Å². The average Bonchev–Trinajstić information content (AvgIpc) is 2.69. The van der Waals surface area contributed by atoms with Gasteiger partial charge in [-0.05, 0) is 35.9 Å². The van der Waals surface area contributed by atoms with Gasteiger partial charge in [0.05, 0.1) is 11.3 Å². The Morgan fingerprint density at radius 1 is 1.07 bits per heavy atom. The van der Waals surface area contributed by atoms with Crippen LogP contribution in [0.5, 0.6) is 0 Å². The van der Waals surface area contributed by atoms with E-state index in [0.29, 0.717) is 18.7 Å². The summed E-state index contributed by atoms with van der Waals surface area (Å²) in [4.78, 5) is 23.9. The number of amides is 1. The van der Waals surface area contributed by atoms with Crippen molar-refractivity contribution in [3.63, 3.8) is 0 Å². The van der Waals surface area contributed by atoms with Crippen LogP contribution in [0.25, 0.3) is 0 Å². The monoisotopic (exact) mass is 422 g/mol. The number of nitrogens with zero attached hydrogens (tertiary/aromatic N) is 1. The van der Waals surface area contributed by atoms with Crippen molar-refractivity contribution in [3.05, 3.63) is 59.9 Å². The predicted molar refractivity (Wildman–Crippen MR) is 106 cm³/mol. The lowest BCUT2D eigenvalue weighted by Gasteiger charge is -2.18. The Bertz CT molecular complexity index is 957. The normalized spacial score (nSPS) is 11.3. The van der Waals surface area contributed by atoms with E-state index in [4.69, 9.17) is 4.74 Å². The van der Waals surface area contributed by atoms with Crippen LogP contribution in [0.15, 0.2) is 53.4 Å². The first-order chi connectivity index (χ1) is 13.8. The van der Waals surface area contributed by atoms with Crippen molar-refractivity contribution in [1.82, 2.24) is 4.31 Å². The highest BCUT2D eigenvalue weighted by Crippen LogP contribution is 2.19. The van der Waals surface area contributed by atoms with Crippen LogP contribution in [-0.4, -0.2) is 44.3 Å². The van der Waals surface area contributed by atoms with Crippen molar-refractivity contribution in [2.75, 3.05) is 25.0 Å². The molecule has 0 spiro atoms. The van der Waals surface area contributed by atoms with E-state index in [1.54, 1.807) is 19.9 Å². The summed E-state index contributed by atoms with van der Waals surface area (Å²) >= 11 is 0. The van der Waals surface area contributed by atoms with Gasteiger partial charge >= 0.3 is 5.97 Å². The van der Waals surface area contributed by atoms with Crippen molar-refractivity contribution in [2.24, 2.45) is 0 Å². The molecule has 2 aromatic rings. The van der Waals surface area contributed by atoms with Crippen LogP contribution in [0.3, 0.4) is 0 Å². The van der Waals surface area contributed by atoms with Crippen molar-refractivity contribution in [2.45, 2.75) is 25.2 Å². The van der Waals surface area contributed by atoms with E-state index >= 15 is 0 Å². The zero-order chi connectivity index (χ0) is 21.4. The maximum atomic E-state index is 12.9. The quantitative estimate of drug-likeness (QED) is 0.627. The fourth-order valence-corrected chi connectivity index (χ4v) is 4.11. The highest BCUT2D eigenvalue weighted by molar-refractivity contribution is 7.89. The number of carbonyl (C=O) groups excluding carboxylic acids is 2. The Hall–Kier alpha value is -2.78. The molecule has 0 bridgehead atoms. The highest BCUT2D eigenvalue weighted by atomic mass is 32.2. The molecule has 1 N–H and O–H groups in total. The van der Waals surface area contributed by atoms with Gasteiger partial charge < -0.3 is 10.1 Å². The molecule has 0 radical (unpaired) electrons. The van der Waals surface area contributed by atoms with E-state index in [2.05, 4.69) is 5.32 Å². The van der Waals surface area contributed by atoms with Crippen LogP contribution in [-0.2, 0) is 30.8 Å². The Kier molecular flexibility index (Phi) is 7.86. The van der Waals surface area contributed by atoms with Gasteiger partial charge in [0.2, 0.25) is 10.0 Å². The number of hydrogen-bond donors (Lipinski definition) is 1. The lowest BCUT2D eigenvalue weighted by atomic mass is 10.1. The molecule has 2 aromatic carbocycles. The highest BCUT2D eigenvalue weighted by Gasteiger charge is 2.22. The number of nitrogens with one attached hydrogen (secondary N) is 1. The Morgan fingerprint density at radius 2 is 1.72 bits per heavy atom. The van der Waals surface area contributed by atoms with Crippen molar-refractivity contribution in [3.8, 4) is 0 Å². The molecule has 0 aromatic heterocycles. The molecule has 7 nitrogen and oxygen atoms in total. The number of ether oxygens (including phenoxy) is 1. The molecule has 0 aliphatic rings. The molecule has 0 aliphatic heterocycles. The third-order valence-corrected chi connectivity index (χ3v) is 6.13. The molecule has 9 heteroatoms. The fraction of sp³-hybridized carbons (Fsp3) is 0.300. The van der Waals surface area contributed by atoms with Crippen LogP contribution in [0.2, 0.25) is 0 Å². The van der Waals surface area contributed by atoms with Crippen LogP contribution >= 0.6 is 0 Å². The Balaban J connectivity index is 1.93. The summed E-state index contributed by atoms with van der Waals surface area (Å²) in [6.07, 6.45) is -0.0921. The third-order valence-electron chi connectivity index (χ3n) is 4.09. The van der Waals surface area contributed by atoms with E-state index in [-0.39, 0.29) is 17.0 Å². The molecule has 0 atom stereocenters. The van der Waals surface area contributed by atoms with E-state index in [1.165, 1.54) is 46.8 Å². The molecule has 29 heavy (non-hydrogen) atoms. The first-order valence-electron chi connectivity index (χ1n) is 9.06. The molecule has 2 rings (SSSR count). The molecule has 0 heterocycles. The lowest BCUT2D eigenvalue weighted by molar-refractivity contribution is -0.146. The maximum Gasteiger partial charge on any atom is 0.310 e. The van der Waals surface area contributed by atoms with E-state index < -0.39 is 34.3 Å². The number of esters is 1. The standard InChI is InChI=1S/C20H23FN2O5S/c1-3-23(4-2)29(26,27)18-7-5-6-17(13-18)22-19(24)14-28-20(25)12-15-8-10-16(21)11-9-15/h5-11,13H,3-4,12,14H2,1-2H3,(H,22,24).